The molecule has 0 amide bonds. The maximum atomic E-state index is 5.68. The Balaban J connectivity index is 1.95. The first-order chi connectivity index (χ1) is 9.94. The molecule has 0 aliphatic heterocycles. The van der Waals surface area contributed by atoms with Gasteiger partial charge in [-0.15, -0.1) is 0 Å². The first-order valence-electron chi connectivity index (χ1n) is 7.51. The Kier molecular flexibility index (Phi) is 4.56. The number of nitrogens with zero attached hydrogens (tertiary/aromatic N) is 1. The lowest BCUT2D eigenvalue weighted by Gasteiger charge is -2.28. The molecule has 114 valence electrons. The summed E-state index contributed by atoms with van der Waals surface area (Å²) in [6.45, 7) is 9.84. The summed E-state index contributed by atoms with van der Waals surface area (Å²) in [5, 5.41) is 6.97. The summed E-state index contributed by atoms with van der Waals surface area (Å²) in [6, 6.07) is 7.80. The first kappa shape index (κ1) is 15.4. The van der Waals surface area contributed by atoms with Crippen molar-refractivity contribution in [2.24, 2.45) is 28.0 Å². The van der Waals surface area contributed by atoms with Gasteiger partial charge in [-0.2, -0.15) is 5.10 Å². The SMILES string of the molecule is C=C(NCC1CCCC1(C)C)c1ccc(/C(N)=N/N)cc1. The van der Waals surface area contributed by atoms with E-state index in [-0.39, 0.29) is 0 Å². The molecular weight excluding hydrogens is 260 g/mol. The minimum atomic E-state index is 0.341. The zero-order valence-corrected chi connectivity index (χ0v) is 13.0. The van der Waals surface area contributed by atoms with Gasteiger partial charge in [-0.1, -0.05) is 51.1 Å². The topological polar surface area (TPSA) is 76.4 Å². The number of amidine groups is 1. The van der Waals surface area contributed by atoms with Gasteiger partial charge in [-0.25, -0.2) is 0 Å². The quantitative estimate of drug-likeness (QED) is 0.337. The molecular formula is C17H26N4. The standard InChI is InChI=1S/C17H26N4/c1-12(20-11-15-5-4-10-17(15,2)3)13-6-8-14(9-7-13)16(18)21-19/h6-9,15,20H,1,4-5,10-11,19H2,2-3H3,(H2,18,21). The summed E-state index contributed by atoms with van der Waals surface area (Å²) in [7, 11) is 0. The minimum absolute atomic E-state index is 0.341. The second kappa shape index (κ2) is 6.20. The Labute approximate surface area is 127 Å². The highest BCUT2D eigenvalue weighted by Gasteiger charge is 2.33. The molecule has 4 heteroatoms. The molecule has 0 heterocycles. The monoisotopic (exact) mass is 286 g/mol. The molecule has 21 heavy (non-hydrogen) atoms. The number of rotatable bonds is 5. The highest BCUT2D eigenvalue weighted by atomic mass is 15.1. The third-order valence-corrected chi connectivity index (χ3v) is 4.71. The van der Waals surface area contributed by atoms with E-state index in [4.69, 9.17) is 11.6 Å². The molecule has 1 aliphatic rings. The van der Waals surface area contributed by atoms with Gasteiger partial charge < -0.3 is 16.9 Å². The summed E-state index contributed by atoms with van der Waals surface area (Å²) < 4.78 is 0. The predicted molar refractivity (Wildman–Crippen MR) is 89.5 cm³/mol. The van der Waals surface area contributed by atoms with Crippen LogP contribution in [0, 0.1) is 11.3 Å². The van der Waals surface area contributed by atoms with Crippen LogP contribution in [0.1, 0.15) is 44.2 Å². The van der Waals surface area contributed by atoms with Crippen LogP contribution in [-0.4, -0.2) is 12.4 Å². The summed E-state index contributed by atoms with van der Waals surface area (Å²) in [5.74, 6) is 6.23. The number of nitrogens with one attached hydrogen (secondary N) is 1. The van der Waals surface area contributed by atoms with E-state index in [2.05, 4.69) is 30.8 Å². The maximum Gasteiger partial charge on any atom is 0.150 e. The Morgan fingerprint density at radius 3 is 2.48 bits per heavy atom. The summed E-state index contributed by atoms with van der Waals surface area (Å²) >= 11 is 0. The number of hydrogen-bond donors (Lipinski definition) is 3. The molecule has 0 aromatic heterocycles. The van der Waals surface area contributed by atoms with Crippen LogP contribution in [0.2, 0.25) is 0 Å². The molecule has 1 unspecified atom stereocenters. The Bertz CT molecular complexity index is 528. The van der Waals surface area contributed by atoms with E-state index >= 15 is 0 Å². The lowest BCUT2D eigenvalue weighted by Crippen LogP contribution is -2.28. The van der Waals surface area contributed by atoms with E-state index < -0.39 is 0 Å². The van der Waals surface area contributed by atoms with Crippen LogP contribution >= 0.6 is 0 Å². The fraction of sp³-hybridized carbons (Fsp3) is 0.471. The Morgan fingerprint density at radius 2 is 1.95 bits per heavy atom. The molecule has 5 N–H and O–H groups in total. The number of nitrogens with two attached hydrogens (primary N) is 2. The van der Waals surface area contributed by atoms with Gasteiger partial charge in [0.15, 0.2) is 0 Å². The van der Waals surface area contributed by atoms with Crippen molar-refractivity contribution in [3.05, 3.63) is 42.0 Å². The van der Waals surface area contributed by atoms with Gasteiger partial charge in [0.05, 0.1) is 0 Å². The zero-order chi connectivity index (χ0) is 15.5. The summed E-state index contributed by atoms with van der Waals surface area (Å²) in [4.78, 5) is 0. The van der Waals surface area contributed by atoms with Crippen molar-refractivity contribution >= 4 is 11.5 Å². The molecule has 1 fully saturated rings. The minimum Gasteiger partial charge on any atom is -0.385 e. The molecule has 1 atom stereocenters. The van der Waals surface area contributed by atoms with Crippen molar-refractivity contribution in [2.75, 3.05) is 6.54 Å². The van der Waals surface area contributed by atoms with Gasteiger partial charge in [0.1, 0.15) is 5.84 Å². The fourth-order valence-corrected chi connectivity index (χ4v) is 3.04. The van der Waals surface area contributed by atoms with Crippen LogP contribution in [0.25, 0.3) is 5.70 Å². The Morgan fingerprint density at radius 1 is 1.33 bits per heavy atom. The van der Waals surface area contributed by atoms with Crippen molar-refractivity contribution in [2.45, 2.75) is 33.1 Å². The second-order valence-corrected chi connectivity index (χ2v) is 6.53. The molecule has 0 radical (unpaired) electrons. The number of hydrazone groups is 1. The van der Waals surface area contributed by atoms with Gasteiger partial charge in [-0.3, -0.25) is 0 Å². The van der Waals surface area contributed by atoms with Crippen molar-refractivity contribution in [1.82, 2.24) is 5.32 Å². The average molecular weight is 286 g/mol. The smallest absolute Gasteiger partial charge is 0.150 e. The molecule has 0 spiro atoms. The van der Waals surface area contributed by atoms with Gasteiger partial charge in [0.2, 0.25) is 0 Å². The van der Waals surface area contributed by atoms with E-state index in [1.54, 1.807) is 0 Å². The molecule has 2 rings (SSSR count). The third-order valence-electron chi connectivity index (χ3n) is 4.71. The van der Waals surface area contributed by atoms with Gasteiger partial charge >= 0.3 is 0 Å². The Hall–Kier alpha value is -1.97. The first-order valence-corrected chi connectivity index (χ1v) is 7.51. The van der Waals surface area contributed by atoms with E-state index in [9.17, 15) is 0 Å². The zero-order valence-electron chi connectivity index (χ0n) is 13.0. The molecule has 1 aromatic rings. The highest BCUT2D eigenvalue weighted by molar-refractivity contribution is 5.97. The molecule has 1 aliphatic carbocycles. The molecule has 1 saturated carbocycles. The summed E-state index contributed by atoms with van der Waals surface area (Å²) in [6.07, 6.45) is 3.95. The highest BCUT2D eigenvalue weighted by Crippen LogP contribution is 2.42. The molecule has 1 aromatic carbocycles. The normalized spacial score (nSPS) is 21.2. The second-order valence-electron chi connectivity index (χ2n) is 6.53. The summed E-state index contributed by atoms with van der Waals surface area (Å²) in [5.41, 5.74) is 8.96. The number of hydrogen-bond acceptors (Lipinski definition) is 3. The van der Waals surface area contributed by atoms with Crippen LogP contribution in [0.4, 0.5) is 0 Å². The van der Waals surface area contributed by atoms with Crippen LogP contribution in [-0.2, 0) is 0 Å². The predicted octanol–water partition coefficient (Wildman–Crippen LogP) is 2.65. The third kappa shape index (κ3) is 3.57. The average Bonchev–Trinajstić information content (AvgIpc) is 2.82. The van der Waals surface area contributed by atoms with E-state index in [1.165, 1.54) is 19.3 Å². The van der Waals surface area contributed by atoms with Crippen molar-refractivity contribution in [1.29, 1.82) is 0 Å². The van der Waals surface area contributed by atoms with Crippen molar-refractivity contribution < 1.29 is 0 Å². The molecule has 0 bridgehead atoms. The van der Waals surface area contributed by atoms with Crippen molar-refractivity contribution in [3.63, 3.8) is 0 Å². The largest absolute Gasteiger partial charge is 0.385 e. The van der Waals surface area contributed by atoms with Crippen LogP contribution in [0.3, 0.4) is 0 Å². The fourth-order valence-electron chi connectivity index (χ4n) is 3.04. The van der Waals surface area contributed by atoms with Gasteiger partial charge in [0, 0.05) is 17.8 Å². The van der Waals surface area contributed by atoms with Gasteiger partial charge in [0.25, 0.3) is 0 Å². The maximum absolute atomic E-state index is 5.68. The molecule has 0 saturated heterocycles. The van der Waals surface area contributed by atoms with E-state index in [0.717, 1.165) is 23.4 Å². The van der Waals surface area contributed by atoms with Crippen LogP contribution in [0.5, 0.6) is 0 Å². The van der Waals surface area contributed by atoms with E-state index in [1.807, 2.05) is 24.3 Å². The van der Waals surface area contributed by atoms with E-state index in [0.29, 0.717) is 17.2 Å². The van der Waals surface area contributed by atoms with Crippen molar-refractivity contribution in [3.8, 4) is 0 Å². The van der Waals surface area contributed by atoms with Gasteiger partial charge in [-0.05, 0) is 29.7 Å². The van der Waals surface area contributed by atoms with Crippen LogP contribution < -0.4 is 16.9 Å². The molecule has 4 nitrogen and oxygen atoms in total. The number of benzene rings is 1. The van der Waals surface area contributed by atoms with Crippen LogP contribution in [0.15, 0.2) is 35.9 Å². The lowest BCUT2D eigenvalue weighted by atomic mass is 9.82. The lowest BCUT2D eigenvalue weighted by molar-refractivity contribution is 0.259.